The highest BCUT2D eigenvalue weighted by Crippen LogP contribution is 2.24. The minimum atomic E-state index is -0.522. The smallest absolute Gasteiger partial charge is 0.321 e. The Hall–Kier alpha value is -2.06. The lowest BCUT2D eigenvalue weighted by Crippen LogP contribution is -2.47. The van der Waals surface area contributed by atoms with Gasteiger partial charge in [-0.25, -0.2) is 4.79 Å². The summed E-state index contributed by atoms with van der Waals surface area (Å²) in [6.07, 6.45) is 2.71. The second-order valence-electron chi connectivity index (χ2n) is 5.75. The van der Waals surface area contributed by atoms with Crippen LogP contribution in [0.1, 0.15) is 20.3 Å². The van der Waals surface area contributed by atoms with Crippen molar-refractivity contribution in [3.63, 3.8) is 0 Å². The fourth-order valence-corrected chi connectivity index (χ4v) is 2.57. The first-order chi connectivity index (χ1) is 11.8. The summed E-state index contributed by atoms with van der Waals surface area (Å²) in [7, 11) is 1.65. The van der Waals surface area contributed by atoms with Crippen LogP contribution in [0, 0.1) is 0 Å². The van der Waals surface area contributed by atoms with Crippen LogP contribution in [0.25, 0.3) is 0 Å². The summed E-state index contributed by atoms with van der Waals surface area (Å²) in [6.45, 7) is 3.79. The van der Waals surface area contributed by atoms with Crippen LogP contribution in [0.15, 0.2) is 29.2 Å². The number of rotatable bonds is 8. The van der Waals surface area contributed by atoms with Crippen LogP contribution < -0.4 is 16.0 Å². The van der Waals surface area contributed by atoms with Gasteiger partial charge in [0.05, 0.1) is 18.8 Å². The van der Waals surface area contributed by atoms with E-state index in [0.29, 0.717) is 0 Å². The largest absolute Gasteiger partial charge is 0.335 e. The van der Waals surface area contributed by atoms with Gasteiger partial charge < -0.3 is 10.6 Å². The standard InChI is InChI=1S/C17H26N4O3S/c1-5-12(2)18-17(24)20-16(23)11-21(3)10-15(22)19-13-8-6-7-9-14(13)25-4/h6-9,12H,5,10-11H2,1-4H3,(H,19,22)(H2,18,20,23,24)/t12-/m1/s1. The number of likely N-dealkylation sites (N-methyl/N-ethyl adjacent to an activating group) is 1. The number of amides is 4. The second-order valence-corrected chi connectivity index (χ2v) is 6.60. The average Bonchev–Trinajstić information content (AvgIpc) is 2.54. The van der Waals surface area contributed by atoms with Gasteiger partial charge in [-0.3, -0.25) is 19.8 Å². The highest BCUT2D eigenvalue weighted by Gasteiger charge is 2.14. The van der Waals surface area contributed by atoms with E-state index in [1.165, 1.54) is 0 Å². The van der Waals surface area contributed by atoms with E-state index < -0.39 is 11.9 Å². The van der Waals surface area contributed by atoms with Gasteiger partial charge in [-0.05, 0) is 38.8 Å². The lowest BCUT2D eigenvalue weighted by Gasteiger charge is -2.17. The molecule has 0 fully saturated rings. The van der Waals surface area contributed by atoms with E-state index in [1.807, 2.05) is 44.4 Å². The zero-order valence-electron chi connectivity index (χ0n) is 15.1. The molecule has 138 valence electrons. The molecule has 1 rings (SSSR count). The van der Waals surface area contributed by atoms with Crippen molar-refractivity contribution in [1.29, 1.82) is 0 Å². The van der Waals surface area contributed by atoms with E-state index in [4.69, 9.17) is 0 Å². The number of hydrogen-bond acceptors (Lipinski definition) is 5. The molecule has 0 unspecified atom stereocenters. The Morgan fingerprint density at radius 2 is 1.80 bits per heavy atom. The molecular formula is C17H26N4O3S. The van der Waals surface area contributed by atoms with Crippen LogP contribution in [-0.4, -0.2) is 55.2 Å². The monoisotopic (exact) mass is 366 g/mol. The first kappa shape index (κ1) is 21.0. The Kier molecular flexibility index (Phi) is 9.01. The third-order valence-corrected chi connectivity index (χ3v) is 4.25. The number of anilines is 1. The number of benzene rings is 1. The van der Waals surface area contributed by atoms with E-state index in [0.717, 1.165) is 17.0 Å². The van der Waals surface area contributed by atoms with Crippen molar-refractivity contribution in [2.75, 3.05) is 31.7 Å². The lowest BCUT2D eigenvalue weighted by molar-refractivity contribution is -0.122. The zero-order valence-corrected chi connectivity index (χ0v) is 15.9. The van der Waals surface area contributed by atoms with Gasteiger partial charge in [-0.1, -0.05) is 19.1 Å². The van der Waals surface area contributed by atoms with Gasteiger partial charge in [0.1, 0.15) is 0 Å². The van der Waals surface area contributed by atoms with Gasteiger partial charge in [0, 0.05) is 10.9 Å². The molecule has 0 heterocycles. The molecule has 0 radical (unpaired) electrons. The van der Waals surface area contributed by atoms with Crippen LogP contribution >= 0.6 is 11.8 Å². The summed E-state index contributed by atoms with van der Waals surface area (Å²) in [5, 5.41) is 7.73. The van der Waals surface area contributed by atoms with Crippen molar-refractivity contribution < 1.29 is 14.4 Å². The molecule has 3 N–H and O–H groups in total. The number of para-hydroxylation sites is 1. The molecule has 0 aliphatic rings. The molecule has 0 aliphatic heterocycles. The van der Waals surface area contributed by atoms with Gasteiger partial charge in [-0.15, -0.1) is 11.8 Å². The van der Waals surface area contributed by atoms with E-state index in [2.05, 4.69) is 16.0 Å². The highest BCUT2D eigenvalue weighted by molar-refractivity contribution is 7.98. The number of carbonyl (C=O) groups is 3. The molecule has 8 heteroatoms. The zero-order chi connectivity index (χ0) is 18.8. The Bertz CT molecular complexity index is 609. The predicted molar refractivity (Wildman–Crippen MR) is 101 cm³/mol. The quantitative estimate of drug-likeness (QED) is 0.612. The lowest BCUT2D eigenvalue weighted by atomic mass is 10.3. The van der Waals surface area contributed by atoms with Gasteiger partial charge in [0.25, 0.3) is 0 Å². The van der Waals surface area contributed by atoms with E-state index >= 15 is 0 Å². The average molecular weight is 366 g/mol. The number of nitrogens with zero attached hydrogens (tertiary/aromatic N) is 1. The summed E-state index contributed by atoms with van der Waals surface area (Å²) in [5.74, 6) is -0.679. The fourth-order valence-electron chi connectivity index (χ4n) is 2.01. The normalized spacial score (nSPS) is 11.7. The number of imide groups is 1. The number of urea groups is 1. The second kappa shape index (κ2) is 10.7. The van der Waals surface area contributed by atoms with Crippen molar-refractivity contribution in [3.05, 3.63) is 24.3 Å². The first-order valence-corrected chi connectivity index (χ1v) is 9.29. The maximum absolute atomic E-state index is 12.1. The molecule has 1 aromatic rings. The van der Waals surface area contributed by atoms with Crippen LogP contribution in [0.5, 0.6) is 0 Å². The molecular weight excluding hydrogens is 340 g/mol. The molecule has 1 aromatic carbocycles. The summed E-state index contributed by atoms with van der Waals surface area (Å²) in [5.41, 5.74) is 0.741. The van der Waals surface area contributed by atoms with Crippen LogP contribution in [0.2, 0.25) is 0 Å². The van der Waals surface area contributed by atoms with E-state index in [-0.39, 0.29) is 25.0 Å². The summed E-state index contributed by atoms with van der Waals surface area (Å²) in [4.78, 5) is 38.0. The summed E-state index contributed by atoms with van der Waals surface area (Å²) >= 11 is 1.54. The minimum Gasteiger partial charge on any atom is -0.335 e. The highest BCUT2D eigenvalue weighted by atomic mass is 32.2. The molecule has 0 spiro atoms. The molecule has 0 aromatic heterocycles. The van der Waals surface area contributed by atoms with Gasteiger partial charge >= 0.3 is 6.03 Å². The fraction of sp³-hybridized carbons (Fsp3) is 0.471. The molecule has 25 heavy (non-hydrogen) atoms. The number of hydrogen-bond donors (Lipinski definition) is 3. The third kappa shape index (κ3) is 8.04. The molecule has 1 atom stereocenters. The Morgan fingerprint density at radius 1 is 1.16 bits per heavy atom. The van der Waals surface area contributed by atoms with E-state index in [9.17, 15) is 14.4 Å². The topological polar surface area (TPSA) is 90.5 Å². The Labute approximate surface area is 152 Å². The first-order valence-electron chi connectivity index (χ1n) is 8.07. The summed E-state index contributed by atoms with van der Waals surface area (Å²) in [6, 6.07) is 6.98. The molecule has 0 aliphatic carbocycles. The minimum absolute atomic E-state index is 0.00666. The van der Waals surface area contributed by atoms with Gasteiger partial charge in [0.2, 0.25) is 11.8 Å². The molecule has 4 amide bonds. The van der Waals surface area contributed by atoms with Crippen molar-refractivity contribution in [3.8, 4) is 0 Å². The SMILES string of the molecule is CC[C@@H](C)NC(=O)NC(=O)CN(C)CC(=O)Nc1ccccc1SC. The van der Waals surface area contributed by atoms with Crippen molar-refractivity contribution >= 4 is 35.3 Å². The Morgan fingerprint density at radius 3 is 2.44 bits per heavy atom. The number of thioether (sulfide) groups is 1. The molecule has 0 bridgehead atoms. The van der Waals surface area contributed by atoms with Gasteiger partial charge in [0.15, 0.2) is 0 Å². The maximum Gasteiger partial charge on any atom is 0.321 e. The molecule has 0 saturated carbocycles. The van der Waals surface area contributed by atoms with Crippen LogP contribution in [0.3, 0.4) is 0 Å². The summed E-state index contributed by atoms with van der Waals surface area (Å²) < 4.78 is 0. The Balaban J connectivity index is 2.42. The van der Waals surface area contributed by atoms with Crippen molar-refractivity contribution in [2.24, 2.45) is 0 Å². The molecule has 0 saturated heterocycles. The maximum atomic E-state index is 12.1. The van der Waals surface area contributed by atoms with Gasteiger partial charge in [-0.2, -0.15) is 0 Å². The van der Waals surface area contributed by atoms with Crippen molar-refractivity contribution in [1.82, 2.24) is 15.5 Å². The van der Waals surface area contributed by atoms with Crippen LogP contribution in [-0.2, 0) is 9.59 Å². The third-order valence-electron chi connectivity index (χ3n) is 3.45. The molecule has 7 nitrogen and oxygen atoms in total. The predicted octanol–water partition coefficient (Wildman–Crippen LogP) is 1.90. The van der Waals surface area contributed by atoms with Crippen LogP contribution in [0.4, 0.5) is 10.5 Å². The van der Waals surface area contributed by atoms with Crippen molar-refractivity contribution in [2.45, 2.75) is 31.2 Å². The number of nitrogens with one attached hydrogen (secondary N) is 3. The van der Waals surface area contributed by atoms with E-state index in [1.54, 1.807) is 23.7 Å². The number of carbonyl (C=O) groups excluding carboxylic acids is 3.